The smallest absolute Gasteiger partial charge is 0.151 e. The molecule has 0 atom stereocenters. The van der Waals surface area contributed by atoms with Crippen molar-refractivity contribution in [3.8, 4) is 0 Å². The average molecular weight is 311 g/mol. The van der Waals surface area contributed by atoms with Gasteiger partial charge >= 0.3 is 0 Å². The second kappa shape index (κ2) is 5.73. The Labute approximate surface area is 111 Å². The second-order valence-corrected chi connectivity index (χ2v) is 4.37. The zero-order valence-electron chi connectivity index (χ0n) is 9.20. The molecule has 0 saturated heterocycles. The van der Waals surface area contributed by atoms with Gasteiger partial charge in [0.1, 0.15) is 5.82 Å². The molecule has 2 aromatic carbocycles. The number of nitrogens with zero attached hydrogens (tertiary/aromatic N) is 1. The largest absolute Gasteiger partial charge is 0.276 e. The molecule has 0 aromatic heterocycles. The first-order valence-electron chi connectivity index (χ1n) is 5.15. The summed E-state index contributed by atoms with van der Waals surface area (Å²) in [5.41, 5.74) is 3.50. The van der Waals surface area contributed by atoms with Gasteiger partial charge in [0.25, 0.3) is 0 Å². The molecular formula is C13H9BrF2N2. The topological polar surface area (TPSA) is 24.4 Å². The van der Waals surface area contributed by atoms with Gasteiger partial charge < -0.3 is 0 Å². The van der Waals surface area contributed by atoms with Crippen LogP contribution in [0.2, 0.25) is 0 Å². The highest BCUT2D eigenvalue weighted by Gasteiger charge is 2.01. The van der Waals surface area contributed by atoms with Gasteiger partial charge in [-0.1, -0.05) is 34.1 Å². The Morgan fingerprint density at radius 2 is 1.89 bits per heavy atom. The van der Waals surface area contributed by atoms with Gasteiger partial charge in [0.05, 0.1) is 11.9 Å². The van der Waals surface area contributed by atoms with E-state index in [0.717, 1.165) is 16.1 Å². The highest BCUT2D eigenvalue weighted by Crippen LogP contribution is 2.16. The van der Waals surface area contributed by atoms with E-state index in [-0.39, 0.29) is 5.69 Å². The van der Waals surface area contributed by atoms with Gasteiger partial charge in [-0.3, -0.25) is 5.43 Å². The van der Waals surface area contributed by atoms with Gasteiger partial charge in [0.15, 0.2) is 5.82 Å². The van der Waals surface area contributed by atoms with Gasteiger partial charge in [-0.05, 0) is 18.2 Å². The van der Waals surface area contributed by atoms with Crippen LogP contribution in [0.3, 0.4) is 0 Å². The van der Waals surface area contributed by atoms with Crippen LogP contribution >= 0.6 is 15.9 Å². The third kappa shape index (κ3) is 3.13. The number of halogens is 3. The number of rotatable bonds is 3. The van der Waals surface area contributed by atoms with E-state index in [1.807, 2.05) is 24.3 Å². The maximum Gasteiger partial charge on any atom is 0.151 e. The summed E-state index contributed by atoms with van der Waals surface area (Å²) in [5, 5.41) is 3.90. The Bertz CT molecular complexity index is 585. The van der Waals surface area contributed by atoms with Crippen molar-refractivity contribution in [3.63, 3.8) is 0 Å². The van der Waals surface area contributed by atoms with Crippen LogP contribution in [-0.4, -0.2) is 6.21 Å². The lowest BCUT2D eigenvalue weighted by atomic mass is 10.2. The van der Waals surface area contributed by atoms with Crippen molar-refractivity contribution >= 4 is 27.8 Å². The highest BCUT2D eigenvalue weighted by molar-refractivity contribution is 9.10. The van der Waals surface area contributed by atoms with E-state index in [2.05, 4.69) is 26.5 Å². The number of hydrogen-bond donors (Lipinski definition) is 1. The molecule has 0 unspecified atom stereocenters. The van der Waals surface area contributed by atoms with E-state index in [0.29, 0.717) is 0 Å². The summed E-state index contributed by atoms with van der Waals surface area (Å²) in [6, 6.07) is 10.7. The minimum absolute atomic E-state index is 0.125. The molecule has 0 bridgehead atoms. The molecule has 0 aliphatic heterocycles. The second-order valence-electron chi connectivity index (χ2n) is 3.52. The molecule has 5 heteroatoms. The van der Waals surface area contributed by atoms with Crippen LogP contribution in [0.4, 0.5) is 14.5 Å². The van der Waals surface area contributed by atoms with Crippen molar-refractivity contribution in [2.24, 2.45) is 5.10 Å². The molecule has 0 heterocycles. The molecule has 0 amide bonds. The lowest BCUT2D eigenvalue weighted by Crippen LogP contribution is -1.94. The SMILES string of the molecule is Fc1ccc(NN=Cc2ccccc2Br)c(F)c1. The lowest BCUT2D eigenvalue weighted by molar-refractivity contribution is 0.585. The molecule has 0 fully saturated rings. The van der Waals surface area contributed by atoms with E-state index >= 15 is 0 Å². The van der Waals surface area contributed by atoms with E-state index in [1.165, 1.54) is 12.1 Å². The molecule has 92 valence electrons. The maximum atomic E-state index is 13.3. The molecule has 0 radical (unpaired) electrons. The Morgan fingerprint density at radius 1 is 1.11 bits per heavy atom. The summed E-state index contributed by atoms with van der Waals surface area (Å²) >= 11 is 3.36. The molecule has 0 spiro atoms. The van der Waals surface area contributed by atoms with Crippen LogP contribution in [0.15, 0.2) is 52.0 Å². The monoisotopic (exact) mass is 310 g/mol. The summed E-state index contributed by atoms with van der Waals surface area (Å²) in [5.74, 6) is -1.30. The molecule has 0 aliphatic carbocycles. The fourth-order valence-corrected chi connectivity index (χ4v) is 1.72. The van der Waals surface area contributed by atoms with Gasteiger partial charge in [-0.25, -0.2) is 8.78 Å². The minimum atomic E-state index is -0.681. The highest BCUT2D eigenvalue weighted by atomic mass is 79.9. The van der Waals surface area contributed by atoms with Crippen molar-refractivity contribution < 1.29 is 8.78 Å². The Balaban J connectivity index is 2.10. The van der Waals surface area contributed by atoms with Gasteiger partial charge in [-0.15, -0.1) is 0 Å². The third-order valence-electron chi connectivity index (χ3n) is 2.22. The van der Waals surface area contributed by atoms with Crippen LogP contribution in [0.5, 0.6) is 0 Å². The standard InChI is InChI=1S/C13H9BrF2N2/c14-11-4-2-1-3-9(11)8-17-18-13-6-5-10(15)7-12(13)16/h1-8,18H. The van der Waals surface area contributed by atoms with E-state index in [1.54, 1.807) is 6.21 Å². The first kappa shape index (κ1) is 12.7. The minimum Gasteiger partial charge on any atom is -0.276 e. The van der Waals surface area contributed by atoms with Crippen molar-refractivity contribution in [2.45, 2.75) is 0 Å². The summed E-state index contributed by atoms with van der Waals surface area (Å²) in [7, 11) is 0. The summed E-state index contributed by atoms with van der Waals surface area (Å²) in [4.78, 5) is 0. The molecule has 2 rings (SSSR count). The van der Waals surface area contributed by atoms with E-state index in [9.17, 15) is 8.78 Å². The number of anilines is 1. The van der Waals surface area contributed by atoms with Crippen LogP contribution in [-0.2, 0) is 0 Å². The fraction of sp³-hybridized carbons (Fsp3) is 0. The van der Waals surface area contributed by atoms with Crippen LogP contribution in [0.25, 0.3) is 0 Å². The van der Waals surface area contributed by atoms with Crippen LogP contribution in [0.1, 0.15) is 5.56 Å². The number of nitrogens with one attached hydrogen (secondary N) is 1. The number of benzene rings is 2. The van der Waals surface area contributed by atoms with Crippen LogP contribution in [0, 0.1) is 11.6 Å². The van der Waals surface area contributed by atoms with E-state index < -0.39 is 11.6 Å². The predicted molar refractivity (Wildman–Crippen MR) is 71.7 cm³/mol. The normalized spacial score (nSPS) is 10.8. The number of hydrogen-bond acceptors (Lipinski definition) is 2. The zero-order valence-corrected chi connectivity index (χ0v) is 10.8. The Hall–Kier alpha value is -1.75. The summed E-state index contributed by atoms with van der Waals surface area (Å²) < 4.78 is 26.8. The molecule has 2 nitrogen and oxygen atoms in total. The molecule has 2 aromatic rings. The fourth-order valence-electron chi connectivity index (χ4n) is 1.33. The quantitative estimate of drug-likeness (QED) is 0.667. The van der Waals surface area contributed by atoms with Gasteiger partial charge in [0, 0.05) is 16.1 Å². The average Bonchev–Trinajstić information content (AvgIpc) is 2.34. The first-order chi connectivity index (χ1) is 8.66. The number of hydrazone groups is 1. The zero-order chi connectivity index (χ0) is 13.0. The molecular weight excluding hydrogens is 302 g/mol. The van der Waals surface area contributed by atoms with Crippen molar-refractivity contribution in [1.82, 2.24) is 0 Å². The van der Waals surface area contributed by atoms with Crippen LogP contribution < -0.4 is 5.43 Å². The Morgan fingerprint density at radius 3 is 2.61 bits per heavy atom. The van der Waals surface area contributed by atoms with Crippen molar-refractivity contribution in [3.05, 3.63) is 64.1 Å². The predicted octanol–water partition coefficient (Wildman–Crippen LogP) is 4.17. The van der Waals surface area contributed by atoms with Gasteiger partial charge in [0.2, 0.25) is 0 Å². The lowest BCUT2D eigenvalue weighted by Gasteiger charge is -2.02. The Kier molecular flexibility index (Phi) is 4.04. The van der Waals surface area contributed by atoms with Crippen molar-refractivity contribution in [2.75, 3.05) is 5.43 Å². The maximum absolute atomic E-state index is 13.3. The molecule has 0 aliphatic rings. The molecule has 18 heavy (non-hydrogen) atoms. The van der Waals surface area contributed by atoms with Crippen molar-refractivity contribution in [1.29, 1.82) is 0 Å². The van der Waals surface area contributed by atoms with Gasteiger partial charge in [-0.2, -0.15) is 5.10 Å². The van der Waals surface area contributed by atoms with E-state index in [4.69, 9.17) is 0 Å². The third-order valence-corrected chi connectivity index (χ3v) is 2.95. The molecule has 0 saturated carbocycles. The summed E-state index contributed by atoms with van der Waals surface area (Å²) in [6.45, 7) is 0. The first-order valence-corrected chi connectivity index (χ1v) is 5.95. The molecule has 1 N–H and O–H groups in total. The summed E-state index contributed by atoms with van der Waals surface area (Å²) in [6.07, 6.45) is 1.55.